The second-order valence-corrected chi connectivity index (χ2v) is 8.82. The number of amides is 1. The first-order valence-corrected chi connectivity index (χ1v) is 11.3. The fraction of sp³-hybridized carbons (Fsp3) is 0.318. The van der Waals surface area contributed by atoms with Crippen LogP contribution >= 0.6 is 0 Å². The summed E-state index contributed by atoms with van der Waals surface area (Å²) in [4.78, 5) is 14.9. The number of carbonyl (C=O) groups is 1. The minimum absolute atomic E-state index is 0.104. The molecule has 0 spiro atoms. The Morgan fingerprint density at radius 1 is 1.13 bits per heavy atom. The number of nitrogens with zero attached hydrogens (tertiary/aromatic N) is 1. The van der Waals surface area contributed by atoms with Gasteiger partial charge in [-0.1, -0.05) is 18.2 Å². The van der Waals surface area contributed by atoms with Gasteiger partial charge in [0.15, 0.2) is 0 Å². The average Bonchev–Trinajstić information content (AvgIpc) is 2.78. The molecular weight excluding hydrogens is 402 g/mol. The topological polar surface area (TPSA) is 87.7 Å². The van der Waals surface area contributed by atoms with Crippen LogP contribution in [0, 0.1) is 0 Å². The Balaban J connectivity index is 1.61. The molecule has 1 amide bonds. The highest BCUT2D eigenvalue weighted by molar-refractivity contribution is 7.89. The molecule has 30 heavy (non-hydrogen) atoms. The van der Waals surface area contributed by atoms with E-state index in [1.165, 1.54) is 30.3 Å². The molecule has 1 saturated heterocycles. The Hall–Kier alpha value is -2.68. The second-order valence-electron chi connectivity index (χ2n) is 7.05. The first kappa shape index (κ1) is 22.0. The van der Waals surface area contributed by atoms with Gasteiger partial charge in [0.25, 0.3) is 5.91 Å². The molecule has 8 heteroatoms. The Labute approximate surface area is 177 Å². The molecule has 2 aromatic rings. The van der Waals surface area contributed by atoms with Crippen molar-refractivity contribution in [1.82, 2.24) is 10.0 Å². The van der Waals surface area contributed by atoms with Gasteiger partial charge in [-0.25, -0.2) is 13.1 Å². The third kappa shape index (κ3) is 5.47. The number of hydrogen-bond donors (Lipinski definition) is 2. The highest BCUT2D eigenvalue weighted by Crippen LogP contribution is 2.20. The van der Waals surface area contributed by atoms with Gasteiger partial charge in [-0.15, -0.1) is 6.58 Å². The Morgan fingerprint density at radius 2 is 1.77 bits per heavy atom. The maximum atomic E-state index is 12.6. The zero-order valence-corrected chi connectivity index (χ0v) is 17.8. The van der Waals surface area contributed by atoms with E-state index >= 15 is 0 Å². The van der Waals surface area contributed by atoms with E-state index in [2.05, 4.69) is 33.7 Å². The smallest absolute Gasteiger partial charge is 0.251 e. The van der Waals surface area contributed by atoms with Gasteiger partial charge in [-0.05, 0) is 48.9 Å². The Bertz CT molecular complexity index is 966. The van der Waals surface area contributed by atoms with Crippen LogP contribution in [0.4, 0.5) is 5.69 Å². The molecule has 0 aromatic heterocycles. The first-order valence-electron chi connectivity index (χ1n) is 9.85. The third-order valence-electron chi connectivity index (χ3n) is 4.96. The summed E-state index contributed by atoms with van der Waals surface area (Å²) in [6.45, 7) is 8.77. The Kier molecular flexibility index (Phi) is 7.25. The largest absolute Gasteiger partial charge is 0.378 e. The predicted octanol–water partition coefficient (Wildman–Crippen LogP) is 2.48. The number of hydrogen-bond acceptors (Lipinski definition) is 5. The van der Waals surface area contributed by atoms with Gasteiger partial charge in [0.05, 0.1) is 24.2 Å². The van der Waals surface area contributed by atoms with Crippen molar-refractivity contribution < 1.29 is 17.9 Å². The van der Waals surface area contributed by atoms with Crippen molar-refractivity contribution in [2.24, 2.45) is 0 Å². The number of ether oxygens (including phenoxy) is 1. The summed E-state index contributed by atoms with van der Waals surface area (Å²) in [7, 11) is -3.61. The van der Waals surface area contributed by atoms with Crippen LogP contribution in [-0.2, 0) is 14.8 Å². The molecule has 1 unspecified atom stereocenters. The lowest BCUT2D eigenvalue weighted by atomic mass is 10.1. The minimum atomic E-state index is -3.61. The average molecular weight is 430 g/mol. The van der Waals surface area contributed by atoms with E-state index in [-0.39, 0.29) is 23.4 Å². The molecular formula is C22H27N3O4S. The normalized spacial score (nSPS) is 15.4. The molecule has 1 heterocycles. The van der Waals surface area contributed by atoms with Crippen molar-refractivity contribution in [2.45, 2.75) is 17.9 Å². The van der Waals surface area contributed by atoms with E-state index in [0.717, 1.165) is 37.6 Å². The maximum absolute atomic E-state index is 12.6. The van der Waals surface area contributed by atoms with E-state index < -0.39 is 10.0 Å². The summed E-state index contributed by atoms with van der Waals surface area (Å²) in [5.41, 5.74) is 2.53. The van der Waals surface area contributed by atoms with Crippen molar-refractivity contribution in [2.75, 3.05) is 37.7 Å². The molecule has 160 valence electrons. The van der Waals surface area contributed by atoms with E-state index in [1.54, 1.807) is 0 Å². The molecule has 1 aliphatic rings. The van der Waals surface area contributed by atoms with Crippen LogP contribution in [0.25, 0.3) is 0 Å². The van der Waals surface area contributed by atoms with Crippen molar-refractivity contribution >= 4 is 21.6 Å². The minimum Gasteiger partial charge on any atom is -0.378 e. The van der Waals surface area contributed by atoms with Crippen LogP contribution < -0.4 is 14.9 Å². The lowest BCUT2D eigenvalue weighted by Crippen LogP contribution is -2.36. The van der Waals surface area contributed by atoms with E-state index in [0.29, 0.717) is 5.56 Å². The number of morpholine rings is 1. The van der Waals surface area contributed by atoms with Gasteiger partial charge in [0.2, 0.25) is 10.0 Å². The summed E-state index contributed by atoms with van der Waals surface area (Å²) >= 11 is 0. The molecule has 3 rings (SSSR count). The van der Waals surface area contributed by atoms with Crippen molar-refractivity contribution in [1.29, 1.82) is 0 Å². The molecule has 1 aliphatic heterocycles. The number of carbonyl (C=O) groups excluding carboxylic acids is 1. The molecule has 2 aromatic carbocycles. The van der Waals surface area contributed by atoms with Gasteiger partial charge < -0.3 is 15.0 Å². The first-order chi connectivity index (χ1) is 14.4. The Morgan fingerprint density at radius 3 is 2.37 bits per heavy atom. The molecule has 0 saturated carbocycles. The quantitative estimate of drug-likeness (QED) is 0.630. The van der Waals surface area contributed by atoms with E-state index in [1.807, 2.05) is 19.1 Å². The summed E-state index contributed by atoms with van der Waals surface area (Å²) in [5, 5.41) is 2.95. The molecule has 0 radical (unpaired) electrons. The standard InChI is InChI=1S/C22H27N3O4S/c1-3-12-23-30(27,28)21-10-6-19(7-11-21)22(26)24-17(2)18-4-8-20(9-5-18)25-13-15-29-16-14-25/h3-11,17,23H,1,12-16H2,2H3,(H,24,26). The van der Waals surface area contributed by atoms with Crippen LogP contribution in [0.3, 0.4) is 0 Å². The monoisotopic (exact) mass is 429 g/mol. The molecule has 1 fully saturated rings. The van der Waals surface area contributed by atoms with Gasteiger partial charge in [-0.3, -0.25) is 4.79 Å². The van der Waals surface area contributed by atoms with Crippen LogP contribution in [0.5, 0.6) is 0 Å². The molecule has 0 bridgehead atoms. The van der Waals surface area contributed by atoms with Crippen LogP contribution in [0.2, 0.25) is 0 Å². The fourth-order valence-corrected chi connectivity index (χ4v) is 4.19. The highest BCUT2D eigenvalue weighted by atomic mass is 32.2. The predicted molar refractivity (Wildman–Crippen MR) is 117 cm³/mol. The highest BCUT2D eigenvalue weighted by Gasteiger charge is 2.16. The number of nitrogens with one attached hydrogen (secondary N) is 2. The van der Waals surface area contributed by atoms with Crippen LogP contribution in [-0.4, -0.2) is 47.2 Å². The molecule has 1 atom stereocenters. The number of sulfonamides is 1. The zero-order valence-electron chi connectivity index (χ0n) is 17.0. The SMILES string of the molecule is C=CCNS(=O)(=O)c1ccc(C(=O)NC(C)c2ccc(N3CCOCC3)cc2)cc1. The van der Waals surface area contributed by atoms with Crippen molar-refractivity contribution in [3.63, 3.8) is 0 Å². The van der Waals surface area contributed by atoms with Crippen LogP contribution in [0.15, 0.2) is 66.1 Å². The molecule has 0 aliphatic carbocycles. The summed E-state index contributed by atoms with van der Waals surface area (Å²) in [6.07, 6.45) is 1.47. The summed E-state index contributed by atoms with van der Waals surface area (Å²) in [6, 6.07) is 13.8. The summed E-state index contributed by atoms with van der Waals surface area (Å²) < 4.78 is 32.0. The van der Waals surface area contributed by atoms with Gasteiger partial charge in [-0.2, -0.15) is 0 Å². The van der Waals surface area contributed by atoms with Gasteiger partial charge >= 0.3 is 0 Å². The lowest BCUT2D eigenvalue weighted by molar-refractivity contribution is 0.0939. The van der Waals surface area contributed by atoms with Crippen molar-refractivity contribution in [3.8, 4) is 0 Å². The molecule has 7 nitrogen and oxygen atoms in total. The van der Waals surface area contributed by atoms with E-state index in [9.17, 15) is 13.2 Å². The lowest BCUT2D eigenvalue weighted by Gasteiger charge is -2.29. The number of rotatable bonds is 8. The van der Waals surface area contributed by atoms with Gasteiger partial charge in [0.1, 0.15) is 0 Å². The summed E-state index contributed by atoms with van der Waals surface area (Å²) in [5.74, 6) is -0.261. The number of benzene rings is 2. The van der Waals surface area contributed by atoms with E-state index in [4.69, 9.17) is 4.74 Å². The van der Waals surface area contributed by atoms with Gasteiger partial charge in [0, 0.05) is 30.9 Å². The third-order valence-corrected chi connectivity index (χ3v) is 6.40. The fourth-order valence-electron chi connectivity index (χ4n) is 3.20. The molecule has 2 N–H and O–H groups in total. The maximum Gasteiger partial charge on any atom is 0.251 e. The number of anilines is 1. The van der Waals surface area contributed by atoms with Crippen LogP contribution in [0.1, 0.15) is 28.9 Å². The second kappa shape index (κ2) is 9.88. The zero-order chi connectivity index (χ0) is 21.6. The van der Waals surface area contributed by atoms with Crippen molar-refractivity contribution in [3.05, 3.63) is 72.3 Å².